The van der Waals surface area contributed by atoms with Crippen molar-refractivity contribution >= 4 is 54.8 Å². The fourth-order valence-electron chi connectivity index (χ4n) is 6.66. The summed E-state index contributed by atoms with van der Waals surface area (Å²) in [6.07, 6.45) is 9.24. The Kier molecular flexibility index (Phi) is 5.45. The van der Waals surface area contributed by atoms with E-state index < -0.39 is 5.41 Å². The third-order valence-electron chi connectivity index (χ3n) is 9.03. The molecule has 42 heavy (non-hydrogen) atoms. The monoisotopic (exact) mass is 538 g/mol. The maximum Gasteiger partial charge on any atom is 0.0563 e. The number of H-pyrrole nitrogens is 2. The predicted molar refractivity (Wildman–Crippen MR) is 180 cm³/mol. The summed E-state index contributed by atoms with van der Waals surface area (Å²) in [5.74, 6) is 0.201. The summed E-state index contributed by atoms with van der Waals surface area (Å²) >= 11 is 0. The Morgan fingerprint density at radius 3 is 1.48 bits per heavy atom. The zero-order valence-corrected chi connectivity index (χ0v) is 23.3. The summed E-state index contributed by atoms with van der Waals surface area (Å²) in [5.41, 5.74) is 9.47. The minimum absolute atomic E-state index is 0.201. The second kappa shape index (κ2) is 9.36. The van der Waals surface area contributed by atoms with Crippen molar-refractivity contribution < 1.29 is 0 Å². The van der Waals surface area contributed by atoms with Gasteiger partial charge in [0.05, 0.1) is 5.41 Å². The SMILES string of the molecule is C=C(c1ccc2[nH]c3ccccc3c2c1)C1(C(=C)c2ccc3[nH]c4ccccc4c3c2)C=CC(c2ccccc2)C=C1. The lowest BCUT2D eigenvalue weighted by atomic mass is 9.67. The van der Waals surface area contributed by atoms with E-state index in [1.807, 2.05) is 0 Å². The molecule has 5 aromatic carbocycles. The van der Waals surface area contributed by atoms with Crippen molar-refractivity contribution in [2.45, 2.75) is 5.92 Å². The Hall–Kier alpha value is -5.34. The van der Waals surface area contributed by atoms with Crippen LogP contribution in [0.3, 0.4) is 0 Å². The summed E-state index contributed by atoms with van der Waals surface area (Å²) < 4.78 is 0. The second-order valence-electron chi connectivity index (χ2n) is 11.3. The third-order valence-corrected chi connectivity index (χ3v) is 9.03. The molecule has 0 bridgehead atoms. The molecular weight excluding hydrogens is 508 g/mol. The van der Waals surface area contributed by atoms with Crippen molar-refractivity contribution in [3.63, 3.8) is 0 Å². The van der Waals surface area contributed by atoms with E-state index in [9.17, 15) is 0 Å². The molecule has 1 aliphatic rings. The van der Waals surface area contributed by atoms with Gasteiger partial charge in [0.25, 0.3) is 0 Å². The lowest BCUT2D eigenvalue weighted by Crippen LogP contribution is -2.21. The smallest absolute Gasteiger partial charge is 0.0563 e. The van der Waals surface area contributed by atoms with Crippen LogP contribution in [0.1, 0.15) is 22.6 Å². The zero-order valence-electron chi connectivity index (χ0n) is 23.3. The third kappa shape index (κ3) is 3.73. The molecule has 2 nitrogen and oxygen atoms in total. The molecule has 7 aromatic rings. The number of benzene rings is 5. The molecule has 2 aromatic heterocycles. The average Bonchev–Trinajstić information content (AvgIpc) is 3.62. The summed E-state index contributed by atoms with van der Waals surface area (Å²) in [6.45, 7) is 9.52. The molecule has 0 spiro atoms. The highest BCUT2D eigenvalue weighted by molar-refractivity contribution is 6.10. The first-order chi connectivity index (χ1) is 20.6. The lowest BCUT2D eigenvalue weighted by molar-refractivity contribution is 0.829. The van der Waals surface area contributed by atoms with Crippen LogP contribution in [0, 0.1) is 5.41 Å². The second-order valence-corrected chi connectivity index (χ2v) is 11.3. The number of hydrogen-bond donors (Lipinski definition) is 2. The molecule has 0 radical (unpaired) electrons. The van der Waals surface area contributed by atoms with Crippen LogP contribution in [0.4, 0.5) is 0 Å². The number of hydrogen-bond acceptors (Lipinski definition) is 0. The molecule has 0 saturated heterocycles. The van der Waals surface area contributed by atoms with E-state index in [0.29, 0.717) is 0 Å². The Bertz CT molecular complexity index is 2090. The number of para-hydroxylation sites is 2. The molecule has 0 unspecified atom stereocenters. The number of allylic oxidation sites excluding steroid dienone is 6. The first-order valence-electron chi connectivity index (χ1n) is 14.4. The van der Waals surface area contributed by atoms with Gasteiger partial charge in [0.1, 0.15) is 0 Å². The van der Waals surface area contributed by atoms with E-state index in [0.717, 1.165) is 44.3 Å². The largest absolute Gasteiger partial charge is 0.355 e. The molecular formula is C40H30N2. The van der Waals surface area contributed by atoms with Crippen LogP contribution in [0.2, 0.25) is 0 Å². The van der Waals surface area contributed by atoms with Crippen molar-refractivity contribution in [3.8, 4) is 0 Å². The number of fused-ring (bicyclic) bond motifs is 6. The van der Waals surface area contributed by atoms with Gasteiger partial charge in [0, 0.05) is 49.5 Å². The van der Waals surface area contributed by atoms with Crippen molar-refractivity contribution in [3.05, 3.63) is 169 Å². The van der Waals surface area contributed by atoms with Gasteiger partial charge in [0.2, 0.25) is 0 Å². The van der Waals surface area contributed by atoms with Gasteiger partial charge >= 0.3 is 0 Å². The fourth-order valence-corrected chi connectivity index (χ4v) is 6.66. The van der Waals surface area contributed by atoms with Crippen LogP contribution in [-0.4, -0.2) is 9.97 Å². The van der Waals surface area contributed by atoms with E-state index in [1.54, 1.807) is 0 Å². The highest BCUT2D eigenvalue weighted by Gasteiger charge is 2.35. The van der Waals surface area contributed by atoms with Gasteiger partial charge in [-0.15, -0.1) is 0 Å². The fraction of sp³-hybridized carbons (Fsp3) is 0.0500. The van der Waals surface area contributed by atoms with Crippen LogP contribution in [0.25, 0.3) is 54.8 Å². The van der Waals surface area contributed by atoms with E-state index in [4.69, 9.17) is 13.2 Å². The van der Waals surface area contributed by atoms with E-state index >= 15 is 0 Å². The topological polar surface area (TPSA) is 31.6 Å². The molecule has 0 fully saturated rings. The zero-order chi connectivity index (χ0) is 28.3. The molecule has 0 saturated carbocycles. The van der Waals surface area contributed by atoms with Gasteiger partial charge in [-0.2, -0.15) is 0 Å². The first kappa shape index (κ1) is 24.5. The molecule has 8 rings (SSSR count). The average molecular weight is 539 g/mol. The summed E-state index contributed by atoms with van der Waals surface area (Å²) in [6, 6.07) is 40.9. The van der Waals surface area contributed by atoms with Crippen LogP contribution < -0.4 is 0 Å². The highest BCUT2D eigenvalue weighted by atomic mass is 14.7. The molecule has 200 valence electrons. The summed E-state index contributed by atoms with van der Waals surface area (Å²) in [4.78, 5) is 7.11. The van der Waals surface area contributed by atoms with Crippen molar-refractivity contribution in [2.24, 2.45) is 5.41 Å². The van der Waals surface area contributed by atoms with Gasteiger partial charge in [-0.25, -0.2) is 0 Å². The minimum Gasteiger partial charge on any atom is -0.355 e. The normalized spacial score (nSPS) is 14.8. The van der Waals surface area contributed by atoms with E-state index in [-0.39, 0.29) is 5.92 Å². The van der Waals surface area contributed by atoms with Crippen molar-refractivity contribution in [1.29, 1.82) is 0 Å². The van der Waals surface area contributed by atoms with Crippen molar-refractivity contribution in [1.82, 2.24) is 9.97 Å². The van der Waals surface area contributed by atoms with Gasteiger partial charge < -0.3 is 9.97 Å². The number of rotatable bonds is 5. The molecule has 0 aliphatic heterocycles. The first-order valence-corrected chi connectivity index (χ1v) is 14.4. The molecule has 2 heterocycles. The number of nitrogens with one attached hydrogen (secondary N) is 2. The van der Waals surface area contributed by atoms with Gasteiger partial charge in [0.15, 0.2) is 0 Å². The highest BCUT2D eigenvalue weighted by Crippen LogP contribution is 2.50. The maximum atomic E-state index is 4.76. The van der Waals surface area contributed by atoms with Crippen LogP contribution in [0.15, 0.2) is 153 Å². The molecule has 0 amide bonds. The van der Waals surface area contributed by atoms with Crippen molar-refractivity contribution in [2.75, 3.05) is 0 Å². The number of aromatic amines is 2. The van der Waals surface area contributed by atoms with E-state index in [2.05, 4.69) is 150 Å². The maximum absolute atomic E-state index is 4.76. The quantitative estimate of drug-likeness (QED) is 0.204. The summed E-state index contributed by atoms with van der Waals surface area (Å²) in [7, 11) is 0. The standard InChI is InChI=1S/C40H30N2/c1-26(30-16-18-38-34(24-30)32-12-6-8-14-36(32)41-38)40(22-20-29(21-23-40)28-10-4-3-5-11-28)27(2)31-17-19-39-35(25-31)33-13-7-9-15-37(33)42-39/h3-25,29,41-42H,1-2H2. The molecule has 2 N–H and O–H groups in total. The summed E-state index contributed by atoms with van der Waals surface area (Å²) in [5, 5.41) is 4.85. The Morgan fingerprint density at radius 2 is 0.952 bits per heavy atom. The van der Waals surface area contributed by atoms with Crippen LogP contribution in [0.5, 0.6) is 0 Å². The lowest BCUT2D eigenvalue weighted by Gasteiger charge is -2.36. The minimum atomic E-state index is -0.579. The molecule has 2 heteroatoms. The predicted octanol–water partition coefficient (Wildman–Crippen LogP) is 10.6. The van der Waals surface area contributed by atoms with Gasteiger partial charge in [-0.1, -0.05) is 116 Å². The van der Waals surface area contributed by atoms with E-state index in [1.165, 1.54) is 27.1 Å². The molecule has 1 aliphatic carbocycles. The van der Waals surface area contributed by atoms with Crippen LogP contribution >= 0.6 is 0 Å². The molecule has 0 atom stereocenters. The van der Waals surface area contributed by atoms with Gasteiger partial charge in [-0.05, 0) is 64.2 Å². The van der Waals surface area contributed by atoms with Crippen LogP contribution in [-0.2, 0) is 0 Å². The number of aromatic nitrogens is 2. The Morgan fingerprint density at radius 1 is 0.500 bits per heavy atom. The Labute approximate surface area is 245 Å². The Balaban J connectivity index is 1.27. The van der Waals surface area contributed by atoms with Gasteiger partial charge in [-0.3, -0.25) is 0 Å².